The van der Waals surface area contributed by atoms with Crippen molar-refractivity contribution >= 4 is 5.69 Å². The van der Waals surface area contributed by atoms with E-state index in [0.29, 0.717) is 16.9 Å². The molecular formula is C14H13FN2O3. The standard InChI is InChI=1S/C14H13FN2O3/c15-13-4-2-1-3-10(13)9-20-14-6-5-12(17(18)19)7-11(14)8-16/h1-7H,8-9,16H2. The molecule has 0 atom stereocenters. The summed E-state index contributed by atoms with van der Waals surface area (Å²) in [6.45, 7) is 0.145. The lowest BCUT2D eigenvalue weighted by Gasteiger charge is -2.10. The van der Waals surface area contributed by atoms with Crippen molar-refractivity contribution in [2.45, 2.75) is 13.2 Å². The minimum absolute atomic E-state index is 0.0392. The van der Waals surface area contributed by atoms with Gasteiger partial charge in [0.15, 0.2) is 0 Å². The van der Waals surface area contributed by atoms with E-state index >= 15 is 0 Å². The Morgan fingerprint density at radius 2 is 1.95 bits per heavy atom. The molecule has 0 amide bonds. The van der Waals surface area contributed by atoms with Crippen molar-refractivity contribution in [1.29, 1.82) is 0 Å². The maximum Gasteiger partial charge on any atom is 0.270 e. The molecule has 2 rings (SSSR count). The number of nitrogens with two attached hydrogens (primary N) is 1. The molecule has 5 nitrogen and oxygen atoms in total. The van der Waals surface area contributed by atoms with Gasteiger partial charge in [0.1, 0.15) is 18.2 Å². The third kappa shape index (κ3) is 3.10. The molecule has 0 bridgehead atoms. The zero-order valence-electron chi connectivity index (χ0n) is 10.6. The summed E-state index contributed by atoms with van der Waals surface area (Å²) in [5.41, 5.74) is 6.41. The topological polar surface area (TPSA) is 78.4 Å². The van der Waals surface area contributed by atoms with Crippen LogP contribution in [0.4, 0.5) is 10.1 Å². The summed E-state index contributed by atoms with van der Waals surface area (Å²) < 4.78 is 18.9. The van der Waals surface area contributed by atoms with E-state index in [1.54, 1.807) is 18.2 Å². The van der Waals surface area contributed by atoms with E-state index < -0.39 is 4.92 Å². The van der Waals surface area contributed by atoms with Gasteiger partial charge in [-0.1, -0.05) is 18.2 Å². The second-order valence-electron chi connectivity index (χ2n) is 4.13. The van der Waals surface area contributed by atoms with Gasteiger partial charge in [0, 0.05) is 29.8 Å². The first-order chi connectivity index (χ1) is 9.61. The lowest BCUT2D eigenvalue weighted by molar-refractivity contribution is -0.384. The molecule has 6 heteroatoms. The Kier molecular flexibility index (Phi) is 4.27. The summed E-state index contributed by atoms with van der Waals surface area (Å²) in [4.78, 5) is 10.2. The van der Waals surface area contributed by atoms with Crippen LogP contribution in [0.15, 0.2) is 42.5 Å². The zero-order valence-corrected chi connectivity index (χ0v) is 10.6. The Balaban J connectivity index is 2.17. The fourth-order valence-corrected chi connectivity index (χ4v) is 1.75. The number of rotatable bonds is 5. The number of non-ortho nitro benzene ring substituents is 1. The van der Waals surface area contributed by atoms with Gasteiger partial charge in [-0.15, -0.1) is 0 Å². The average molecular weight is 276 g/mol. The normalized spacial score (nSPS) is 10.3. The van der Waals surface area contributed by atoms with E-state index in [0.717, 1.165) is 0 Å². The molecular weight excluding hydrogens is 263 g/mol. The van der Waals surface area contributed by atoms with Crippen LogP contribution in [0, 0.1) is 15.9 Å². The maximum absolute atomic E-state index is 13.5. The van der Waals surface area contributed by atoms with E-state index in [9.17, 15) is 14.5 Å². The van der Waals surface area contributed by atoms with Gasteiger partial charge in [0.05, 0.1) is 4.92 Å². The number of nitrogens with zero attached hydrogens (tertiary/aromatic N) is 1. The van der Waals surface area contributed by atoms with Gasteiger partial charge in [0.2, 0.25) is 0 Å². The number of nitro benzene ring substituents is 1. The molecule has 2 aromatic carbocycles. The average Bonchev–Trinajstić information content (AvgIpc) is 2.46. The summed E-state index contributed by atoms with van der Waals surface area (Å²) in [6, 6.07) is 10.4. The van der Waals surface area contributed by atoms with Crippen LogP contribution in [0.25, 0.3) is 0 Å². The van der Waals surface area contributed by atoms with Gasteiger partial charge >= 0.3 is 0 Å². The predicted octanol–water partition coefficient (Wildman–Crippen LogP) is 2.77. The first kappa shape index (κ1) is 14.0. The van der Waals surface area contributed by atoms with Gasteiger partial charge in [0.25, 0.3) is 5.69 Å². The fourth-order valence-electron chi connectivity index (χ4n) is 1.75. The number of nitro groups is 1. The number of benzene rings is 2. The van der Waals surface area contributed by atoms with E-state index in [-0.39, 0.29) is 24.7 Å². The van der Waals surface area contributed by atoms with Crippen molar-refractivity contribution in [3.05, 3.63) is 69.5 Å². The summed E-state index contributed by atoms with van der Waals surface area (Å²) in [7, 11) is 0. The summed E-state index contributed by atoms with van der Waals surface area (Å²) >= 11 is 0. The van der Waals surface area contributed by atoms with Crippen LogP contribution in [0.2, 0.25) is 0 Å². The molecule has 2 aromatic rings. The van der Waals surface area contributed by atoms with Gasteiger partial charge in [-0.25, -0.2) is 4.39 Å². The van der Waals surface area contributed by atoms with Crippen molar-refractivity contribution in [2.24, 2.45) is 5.73 Å². The minimum Gasteiger partial charge on any atom is -0.488 e. The molecule has 0 saturated carbocycles. The zero-order chi connectivity index (χ0) is 14.5. The Morgan fingerprint density at radius 3 is 2.60 bits per heavy atom. The summed E-state index contributed by atoms with van der Waals surface area (Å²) in [5.74, 6) is 0.0602. The summed E-state index contributed by atoms with van der Waals surface area (Å²) in [6.07, 6.45) is 0. The number of hydrogen-bond acceptors (Lipinski definition) is 4. The largest absolute Gasteiger partial charge is 0.488 e. The quantitative estimate of drug-likeness (QED) is 0.672. The Bertz CT molecular complexity index is 632. The molecule has 0 aliphatic rings. The van der Waals surface area contributed by atoms with Gasteiger partial charge in [-0.05, 0) is 12.1 Å². The predicted molar refractivity (Wildman–Crippen MR) is 71.7 cm³/mol. The van der Waals surface area contributed by atoms with E-state index in [1.807, 2.05) is 0 Å². The van der Waals surface area contributed by atoms with Gasteiger partial charge < -0.3 is 10.5 Å². The lowest BCUT2D eigenvalue weighted by Crippen LogP contribution is -2.04. The highest BCUT2D eigenvalue weighted by Crippen LogP contribution is 2.24. The second-order valence-corrected chi connectivity index (χ2v) is 4.13. The van der Waals surface area contributed by atoms with Gasteiger partial charge in [-0.2, -0.15) is 0 Å². The smallest absolute Gasteiger partial charge is 0.270 e. The van der Waals surface area contributed by atoms with Crippen molar-refractivity contribution in [1.82, 2.24) is 0 Å². The minimum atomic E-state index is -0.500. The molecule has 0 aliphatic carbocycles. The fraction of sp³-hybridized carbons (Fsp3) is 0.143. The lowest BCUT2D eigenvalue weighted by atomic mass is 10.1. The molecule has 0 heterocycles. The molecule has 0 fully saturated rings. The molecule has 0 spiro atoms. The highest BCUT2D eigenvalue weighted by Gasteiger charge is 2.11. The van der Waals surface area contributed by atoms with Gasteiger partial charge in [-0.3, -0.25) is 10.1 Å². The van der Waals surface area contributed by atoms with E-state index in [2.05, 4.69) is 0 Å². The van der Waals surface area contributed by atoms with Crippen LogP contribution in [0.3, 0.4) is 0 Å². The third-order valence-corrected chi connectivity index (χ3v) is 2.82. The number of hydrogen-bond donors (Lipinski definition) is 1. The Labute approximate surface area is 114 Å². The molecule has 0 saturated heterocycles. The van der Waals surface area contributed by atoms with Crippen molar-refractivity contribution in [3.8, 4) is 5.75 Å². The van der Waals surface area contributed by atoms with E-state index in [1.165, 1.54) is 24.3 Å². The van der Waals surface area contributed by atoms with E-state index in [4.69, 9.17) is 10.5 Å². The SMILES string of the molecule is NCc1cc([N+](=O)[O-])ccc1OCc1ccccc1F. The number of ether oxygens (including phenoxy) is 1. The van der Waals surface area contributed by atoms with Crippen LogP contribution in [0.1, 0.15) is 11.1 Å². The van der Waals surface area contributed by atoms with Crippen LogP contribution in [-0.2, 0) is 13.2 Å². The van der Waals surface area contributed by atoms with Crippen molar-refractivity contribution < 1.29 is 14.1 Å². The molecule has 0 aliphatic heterocycles. The Morgan fingerprint density at radius 1 is 1.20 bits per heavy atom. The monoisotopic (exact) mass is 276 g/mol. The van der Waals surface area contributed by atoms with Crippen LogP contribution in [-0.4, -0.2) is 4.92 Å². The highest BCUT2D eigenvalue weighted by atomic mass is 19.1. The van der Waals surface area contributed by atoms with Crippen LogP contribution in [0.5, 0.6) is 5.75 Å². The molecule has 0 unspecified atom stereocenters. The van der Waals surface area contributed by atoms with Crippen LogP contribution < -0.4 is 10.5 Å². The molecule has 20 heavy (non-hydrogen) atoms. The van der Waals surface area contributed by atoms with Crippen molar-refractivity contribution in [2.75, 3.05) is 0 Å². The maximum atomic E-state index is 13.5. The second kappa shape index (κ2) is 6.12. The Hall–Kier alpha value is -2.47. The highest BCUT2D eigenvalue weighted by molar-refractivity contribution is 5.43. The molecule has 0 aromatic heterocycles. The molecule has 2 N–H and O–H groups in total. The van der Waals surface area contributed by atoms with Crippen molar-refractivity contribution in [3.63, 3.8) is 0 Å². The summed E-state index contributed by atoms with van der Waals surface area (Å²) in [5, 5.41) is 10.7. The molecule has 0 radical (unpaired) electrons. The first-order valence-electron chi connectivity index (χ1n) is 5.95. The third-order valence-electron chi connectivity index (χ3n) is 2.82. The first-order valence-corrected chi connectivity index (χ1v) is 5.95. The number of halogens is 1. The molecule has 104 valence electrons. The van der Waals surface area contributed by atoms with Crippen LogP contribution >= 0.6 is 0 Å².